The molecular formula is C17H28N4O2. The quantitative estimate of drug-likeness (QED) is 0.746. The zero-order valence-electron chi connectivity index (χ0n) is 14.2. The van der Waals surface area contributed by atoms with Crippen molar-refractivity contribution in [1.29, 1.82) is 0 Å². The van der Waals surface area contributed by atoms with Gasteiger partial charge in [-0.2, -0.15) is 0 Å². The number of carbonyl (C=O) groups excluding carboxylic acids is 1. The molecule has 1 aromatic heterocycles. The molecule has 1 aromatic rings. The van der Waals surface area contributed by atoms with Gasteiger partial charge in [0.2, 0.25) is 5.91 Å². The van der Waals surface area contributed by atoms with E-state index in [1.807, 2.05) is 13.8 Å². The van der Waals surface area contributed by atoms with E-state index in [9.17, 15) is 9.90 Å². The number of carbonyl (C=O) groups is 1. The Balaban J connectivity index is 1.68. The van der Waals surface area contributed by atoms with Crippen molar-refractivity contribution in [1.82, 2.24) is 15.3 Å². The zero-order valence-corrected chi connectivity index (χ0v) is 14.2. The van der Waals surface area contributed by atoms with Gasteiger partial charge in [-0.15, -0.1) is 0 Å². The number of piperidine rings is 1. The number of aliphatic hydroxyl groups is 1. The second-order valence-corrected chi connectivity index (χ2v) is 7.04. The molecule has 0 spiro atoms. The van der Waals surface area contributed by atoms with E-state index in [1.165, 1.54) is 0 Å². The van der Waals surface area contributed by atoms with Crippen molar-refractivity contribution in [2.45, 2.75) is 39.5 Å². The van der Waals surface area contributed by atoms with Gasteiger partial charge >= 0.3 is 0 Å². The maximum absolute atomic E-state index is 12.2. The summed E-state index contributed by atoms with van der Waals surface area (Å²) in [6.45, 7) is 6.63. The fourth-order valence-corrected chi connectivity index (χ4v) is 2.83. The first-order chi connectivity index (χ1) is 11.0. The molecule has 0 aliphatic carbocycles. The number of amides is 1. The first kappa shape index (κ1) is 17.7. The normalized spacial score (nSPS) is 16.4. The Bertz CT molecular complexity index is 485. The molecule has 1 aliphatic heterocycles. The van der Waals surface area contributed by atoms with Crippen LogP contribution in [0.25, 0.3) is 0 Å². The summed E-state index contributed by atoms with van der Waals surface area (Å²) in [5, 5.41) is 12.3. The number of aliphatic hydroxyl groups excluding tert-OH is 1. The molecule has 1 amide bonds. The van der Waals surface area contributed by atoms with Crippen LogP contribution in [0.3, 0.4) is 0 Å². The topological polar surface area (TPSA) is 78.4 Å². The largest absolute Gasteiger partial charge is 0.396 e. The van der Waals surface area contributed by atoms with E-state index in [2.05, 4.69) is 20.2 Å². The summed E-state index contributed by atoms with van der Waals surface area (Å²) >= 11 is 0. The highest BCUT2D eigenvalue weighted by molar-refractivity contribution is 5.78. The molecule has 0 saturated carbocycles. The molecule has 6 heteroatoms. The van der Waals surface area contributed by atoms with E-state index < -0.39 is 0 Å². The number of nitrogens with one attached hydrogen (secondary N) is 1. The lowest BCUT2D eigenvalue weighted by atomic mass is 9.89. The van der Waals surface area contributed by atoms with Crippen LogP contribution in [0.15, 0.2) is 18.6 Å². The molecule has 2 N–H and O–H groups in total. The van der Waals surface area contributed by atoms with E-state index in [0.717, 1.165) is 44.6 Å². The minimum Gasteiger partial charge on any atom is -0.396 e. The average Bonchev–Trinajstić information content (AvgIpc) is 2.59. The van der Waals surface area contributed by atoms with Crippen LogP contribution in [-0.2, 0) is 4.79 Å². The van der Waals surface area contributed by atoms with Crippen LogP contribution < -0.4 is 10.2 Å². The average molecular weight is 320 g/mol. The van der Waals surface area contributed by atoms with Gasteiger partial charge in [-0.25, -0.2) is 4.98 Å². The summed E-state index contributed by atoms with van der Waals surface area (Å²) in [5.41, 5.74) is -0.0627. The lowest BCUT2D eigenvalue weighted by Crippen LogP contribution is -2.41. The third-order valence-electron chi connectivity index (χ3n) is 4.50. The highest BCUT2D eigenvalue weighted by Crippen LogP contribution is 2.22. The molecule has 6 nitrogen and oxygen atoms in total. The number of nitrogens with zero attached hydrogens (tertiary/aromatic N) is 3. The summed E-state index contributed by atoms with van der Waals surface area (Å²) in [7, 11) is 0. The third-order valence-corrected chi connectivity index (χ3v) is 4.50. The van der Waals surface area contributed by atoms with Crippen LogP contribution in [0, 0.1) is 11.3 Å². The molecule has 0 unspecified atom stereocenters. The highest BCUT2D eigenvalue weighted by atomic mass is 16.3. The fourth-order valence-electron chi connectivity index (χ4n) is 2.83. The molecule has 0 radical (unpaired) electrons. The second kappa shape index (κ2) is 8.24. The molecule has 0 atom stereocenters. The minimum absolute atomic E-state index is 0.0627. The van der Waals surface area contributed by atoms with Crippen LogP contribution >= 0.6 is 0 Å². The van der Waals surface area contributed by atoms with Gasteiger partial charge in [0, 0.05) is 44.6 Å². The summed E-state index contributed by atoms with van der Waals surface area (Å²) < 4.78 is 0. The SMILES string of the molecule is CC(C)(CO)CCCNC(=O)C1CCN(c2cnccn2)CC1. The summed E-state index contributed by atoms with van der Waals surface area (Å²) in [6, 6.07) is 0. The molecule has 0 aromatic carbocycles. The number of aromatic nitrogens is 2. The Kier molecular flexibility index (Phi) is 6.33. The number of hydrogen-bond donors (Lipinski definition) is 2. The van der Waals surface area contributed by atoms with Crippen molar-refractivity contribution in [2.24, 2.45) is 11.3 Å². The van der Waals surface area contributed by atoms with Gasteiger partial charge in [0.25, 0.3) is 0 Å². The predicted octanol–water partition coefficient (Wildman–Crippen LogP) is 1.61. The minimum atomic E-state index is -0.0627. The van der Waals surface area contributed by atoms with Crippen molar-refractivity contribution in [2.75, 3.05) is 31.1 Å². The molecule has 23 heavy (non-hydrogen) atoms. The van der Waals surface area contributed by atoms with E-state index in [1.54, 1.807) is 18.6 Å². The third kappa shape index (κ3) is 5.46. The van der Waals surface area contributed by atoms with Gasteiger partial charge in [0.15, 0.2) is 0 Å². The number of rotatable bonds is 7. The smallest absolute Gasteiger partial charge is 0.223 e. The van der Waals surface area contributed by atoms with Gasteiger partial charge in [-0.3, -0.25) is 9.78 Å². The van der Waals surface area contributed by atoms with E-state index in [0.29, 0.717) is 6.54 Å². The second-order valence-electron chi connectivity index (χ2n) is 7.04. The van der Waals surface area contributed by atoms with Crippen molar-refractivity contribution >= 4 is 11.7 Å². The van der Waals surface area contributed by atoms with E-state index >= 15 is 0 Å². The molecule has 1 saturated heterocycles. The van der Waals surface area contributed by atoms with Gasteiger partial charge < -0.3 is 15.3 Å². The monoisotopic (exact) mass is 320 g/mol. The molecule has 2 rings (SSSR count). The maximum Gasteiger partial charge on any atom is 0.223 e. The number of hydrogen-bond acceptors (Lipinski definition) is 5. The van der Waals surface area contributed by atoms with E-state index in [4.69, 9.17) is 0 Å². The van der Waals surface area contributed by atoms with Crippen LogP contribution in [0.2, 0.25) is 0 Å². The Hall–Kier alpha value is -1.69. The zero-order chi connectivity index (χ0) is 16.7. The standard InChI is InChI=1S/C17H28N4O2/c1-17(2,13-22)6-3-7-20-16(23)14-4-10-21(11-5-14)15-12-18-8-9-19-15/h8-9,12,14,22H,3-7,10-11,13H2,1-2H3,(H,20,23). The van der Waals surface area contributed by atoms with Crippen molar-refractivity contribution in [3.8, 4) is 0 Å². The molecule has 1 fully saturated rings. The van der Waals surface area contributed by atoms with Gasteiger partial charge in [0.05, 0.1) is 6.20 Å². The van der Waals surface area contributed by atoms with Crippen LogP contribution in [0.1, 0.15) is 39.5 Å². The lowest BCUT2D eigenvalue weighted by molar-refractivity contribution is -0.125. The lowest BCUT2D eigenvalue weighted by Gasteiger charge is -2.31. The van der Waals surface area contributed by atoms with E-state index in [-0.39, 0.29) is 23.8 Å². The van der Waals surface area contributed by atoms with Crippen LogP contribution in [0.5, 0.6) is 0 Å². The summed E-state index contributed by atoms with van der Waals surface area (Å²) in [6.07, 6.45) is 8.65. The van der Waals surface area contributed by atoms with Crippen LogP contribution in [-0.4, -0.2) is 47.2 Å². The van der Waals surface area contributed by atoms with Gasteiger partial charge in [0.1, 0.15) is 5.82 Å². The fraction of sp³-hybridized carbons (Fsp3) is 0.706. The van der Waals surface area contributed by atoms with Crippen molar-refractivity contribution < 1.29 is 9.90 Å². The Labute approximate surface area is 138 Å². The Morgan fingerprint density at radius 2 is 2.13 bits per heavy atom. The molecule has 1 aliphatic rings. The van der Waals surface area contributed by atoms with Gasteiger partial charge in [-0.1, -0.05) is 13.8 Å². The molecule has 2 heterocycles. The van der Waals surface area contributed by atoms with Gasteiger partial charge in [-0.05, 0) is 31.1 Å². The Morgan fingerprint density at radius 3 is 2.74 bits per heavy atom. The first-order valence-electron chi connectivity index (χ1n) is 8.41. The van der Waals surface area contributed by atoms with Crippen molar-refractivity contribution in [3.05, 3.63) is 18.6 Å². The summed E-state index contributed by atoms with van der Waals surface area (Å²) in [5.74, 6) is 1.14. The van der Waals surface area contributed by atoms with Crippen LogP contribution in [0.4, 0.5) is 5.82 Å². The Morgan fingerprint density at radius 1 is 1.39 bits per heavy atom. The molecular weight excluding hydrogens is 292 g/mol. The highest BCUT2D eigenvalue weighted by Gasteiger charge is 2.25. The summed E-state index contributed by atoms with van der Waals surface area (Å²) in [4.78, 5) is 22.8. The maximum atomic E-state index is 12.2. The predicted molar refractivity (Wildman–Crippen MR) is 90.1 cm³/mol. The number of anilines is 1. The molecule has 0 bridgehead atoms. The first-order valence-corrected chi connectivity index (χ1v) is 8.41. The molecule has 128 valence electrons. The van der Waals surface area contributed by atoms with Crippen molar-refractivity contribution in [3.63, 3.8) is 0 Å².